The van der Waals surface area contributed by atoms with Crippen LogP contribution in [-0.2, 0) is 0 Å². The molecule has 19 heavy (non-hydrogen) atoms. The molecule has 100 valence electrons. The van der Waals surface area contributed by atoms with Crippen LogP contribution in [-0.4, -0.2) is 18.6 Å². The predicted molar refractivity (Wildman–Crippen MR) is 85.9 cm³/mol. The molecule has 0 radical (unpaired) electrons. The lowest BCUT2D eigenvalue weighted by Gasteiger charge is -2.04. The first-order chi connectivity index (χ1) is 9.28. The zero-order valence-electron chi connectivity index (χ0n) is 10.6. The summed E-state index contributed by atoms with van der Waals surface area (Å²) in [6.07, 6.45) is 0. The molecule has 0 aliphatic heterocycles. The molecule has 2 aromatic carbocycles. The molecule has 2 rings (SSSR count). The summed E-state index contributed by atoms with van der Waals surface area (Å²) < 4.78 is 5.14. The van der Waals surface area contributed by atoms with Crippen LogP contribution in [0.25, 0.3) is 0 Å². The second kappa shape index (κ2) is 7.73. The van der Waals surface area contributed by atoms with Crippen molar-refractivity contribution < 1.29 is 4.74 Å². The van der Waals surface area contributed by atoms with E-state index >= 15 is 0 Å². The molecule has 1 nitrogen and oxygen atoms in total. The molecule has 0 bridgehead atoms. The van der Waals surface area contributed by atoms with Crippen molar-refractivity contribution in [2.24, 2.45) is 0 Å². The molecule has 4 heteroatoms. The Hall–Kier alpha value is -0.770. The van der Waals surface area contributed by atoms with Gasteiger partial charge in [0.2, 0.25) is 0 Å². The first kappa shape index (κ1) is 14.6. The summed E-state index contributed by atoms with van der Waals surface area (Å²) in [5.41, 5.74) is 0. The molecule has 0 saturated heterocycles. The predicted octanol–water partition coefficient (Wildman–Crippen LogP) is 5.23. The number of halogens is 1. The molecule has 0 fully saturated rings. The largest absolute Gasteiger partial charge is 0.497 e. The Kier molecular flexibility index (Phi) is 5.95. The number of hydrogen-bond acceptors (Lipinski definition) is 3. The van der Waals surface area contributed by atoms with Gasteiger partial charge in [0.05, 0.1) is 7.11 Å². The van der Waals surface area contributed by atoms with Crippen LogP contribution >= 0.6 is 35.1 Å². The number of hydrogen-bond donors (Lipinski definition) is 0. The summed E-state index contributed by atoms with van der Waals surface area (Å²) in [5.74, 6) is 3.07. The van der Waals surface area contributed by atoms with Gasteiger partial charge in [0, 0.05) is 26.3 Å². The molecule has 0 N–H and O–H groups in total. The van der Waals surface area contributed by atoms with Crippen LogP contribution in [0.15, 0.2) is 58.3 Å². The average molecular weight is 311 g/mol. The van der Waals surface area contributed by atoms with Crippen molar-refractivity contribution in [3.8, 4) is 5.75 Å². The van der Waals surface area contributed by atoms with Gasteiger partial charge >= 0.3 is 0 Å². The second-order valence-electron chi connectivity index (χ2n) is 3.83. The molecule has 2 aromatic rings. The monoisotopic (exact) mass is 310 g/mol. The lowest BCUT2D eigenvalue weighted by atomic mass is 10.3. The van der Waals surface area contributed by atoms with E-state index in [1.165, 1.54) is 9.79 Å². The molecule has 0 aliphatic carbocycles. The highest BCUT2D eigenvalue weighted by atomic mass is 35.5. The summed E-state index contributed by atoms with van der Waals surface area (Å²) in [6, 6.07) is 16.2. The molecule has 0 amide bonds. The minimum atomic E-state index is 0.789. The number of ether oxygens (including phenoxy) is 1. The minimum Gasteiger partial charge on any atom is -0.497 e. The van der Waals surface area contributed by atoms with Gasteiger partial charge in [0.1, 0.15) is 5.75 Å². The van der Waals surface area contributed by atoms with Crippen LogP contribution in [0.4, 0.5) is 0 Å². The highest BCUT2D eigenvalue weighted by Gasteiger charge is 1.97. The van der Waals surface area contributed by atoms with Crippen LogP contribution in [0, 0.1) is 0 Å². The van der Waals surface area contributed by atoms with E-state index < -0.39 is 0 Å². The first-order valence-corrected chi connectivity index (χ1v) is 8.28. The Morgan fingerprint density at radius 1 is 0.842 bits per heavy atom. The first-order valence-electron chi connectivity index (χ1n) is 5.93. The molecule has 0 aliphatic rings. The van der Waals surface area contributed by atoms with E-state index in [1.54, 1.807) is 7.11 Å². The molecule has 0 unspecified atom stereocenters. The molecule has 0 spiro atoms. The quantitative estimate of drug-likeness (QED) is 0.534. The SMILES string of the molecule is COc1ccc(SCCSc2ccc(Cl)cc2)cc1. The maximum Gasteiger partial charge on any atom is 0.118 e. The molecule has 0 saturated carbocycles. The van der Waals surface area contributed by atoms with Crippen LogP contribution in [0.1, 0.15) is 0 Å². The third-order valence-corrected chi connectivity index (χ3v) is 5.03. The van der Waals surface area contributed by atoms with E-state index in [4.69, 9.17) is 16.3 Å². The van der Waals surface area contributed by atoms with Crippen molar-refractivity contribution in [2.45, 2.75) is 9.79 Å². The Bertz CT molecular complexity index is 497. The smallest absolute Gasteiger partial charge is 0.118 e. The van der Waals surface area contributed by atoms with Gasteiger partial charge in [-0.2, -0.15) is 0 Å². The molecule has 0 heterocycles. The summed E-state index contributed by atoms with van der Waals surface area (Å²) in [4.78, 5) is 2.54. The van der Waals surface area contributed by atoms with Crippen LogP contribution < -0.4 is 4.74 Å². The maximum absolute atomic E-state index is 5.85. The molecular weight excluding hydrogens is 296 g/mol. The van der Waals surface area contributed by atoms with E-state index in [9.17, 15) is 0 Å². The molecule has 0 aromatic heterocycles. The second-order valence-corrected chi connectivity index (χ2v) is 6.60. The zero-order chi connectivity index (χ0) is 13.5. The summed E-state index contributed by atoms with van der Waals surface area (Å²) in [5, 5.41) is 0.789. The van der Waals surface area contributed by atoms with E-state index in [1.807, 2.05) is 47.8 Å². The number of methoxy groups -OCH3 is 1. The zero-order valence-corrected chi connectivity index (χ0v) is 13.0. The average Bonchev–Trinajstić information content (AvgIpc) is 2.46. The van der Waals surface area contributed by atoms with E-state index in [-0.39, 0.29) is 0 Å². The van der Waals surface area contributed by atoms with Crippen molar-refractivity contribution in [3.63, 3.8) is 0 Å². The van der Waals surface area contributed by atoms with Crippen molar-refractivity contribution >= 4 is 35.1 Å². The highest BCUT2D eigenvalue weighted by molar-refractivity contribution is 8.03. The maximum atomic E-state index is 5.85. The summed E-state index contributed by atoms with van der Waals surface area (Å²) in [6.45, 7) is 0. The normalized spacial score (nSPS) is 10.4. The fourth-order valence-electron chi connectivity index (χ4n) is 1.52. The minimum absolute atomic E-state index is 0.789. The van der Waals surface area contributed by atoms with Gasteiger partial charge in [-0.05, 0) is 48.5 Å². The van der Waals surface area contributed by atoms with Gasteiger partial charge in [-0.3, -0.25) is 0 Å². The third kappa shape index (κ3) is 5.01. The van der Waals surface area contributed by atoms with Gasteiger partial charge in [-0.1, -0.05) is 11.6 Å². The molecular formula is C15H15ClOS2. The Labute approximate surface area is 127 Å². The van der Waals surface area contributed by atoms with Crippen LogP contribution in [0.5, 0.6) is 5.75 Å². The van der Waals surface area contributed by atoms with E-state index in [0.717, 1.165) is 22.3 Å². The van der Waals surface area contributed by atoms with Crippen molar-refractivity contribution in [1.29, 1.82) is 0 Å². The topological polar surface area (TPSA) is 9.23 Å². The number of thioether (sulfide) groups is 2. The summed E-state index contributed by atoms with van der Waals surface area (Å²) >= 11 is 9.57. The highest BCUT2D eigenvalue weighted by Crippen LogP contribution is 2.25. The lowest BCUT2D eigenvalue weighted by Crippen LogP contribution is -1.85. The fraction of sp³-hybridized carbons (Fsp3) is 0.200. The van der Waals surface area contributed by atoms with E-state index in [2.05, 4.69) is 24.3 Å². The van der Waals surface area contributed by atoms with Gasteiger partial charge in [-0.25, -0.2) is 0 Å². The fourth-order valence-corrected chi connectivity index (χ4v) is 3.44. The Balaban J connectivity index is 1.72. The van der Waals surface area contributed by atoms with Gasteiger partial charge < -0.3 is 4.74 Å². The van der Waals surface area contributed by atoms with Crippen molar-refractivity contribution in [3.05, 3.63) is 53.6 Å². The van der Waals surface area contributed by atoms with Gasteiger partial charge in [0.15, 0.2) is 0 Å². The molecule has 0 atom stereocenters. The van der Waals surface area contributed by atoms with Crippen LogP contribution in [0.2, 0.25) is 5.02 Å². The standard InChI is InChI=1S/C15H15ClOS2/c1-17-13-4-8-15(9-5-13)19-11-10-18-14-6-2-12(16)3-7-14/h2-9H,10-11H2,1H3. The Morgan fingerprint density at radius 3 is 1.79 bits per heavy atom. The Morgan fingerprint density at radius 2 is 1.32 bits per heavy atom. The lowest BCUT2D eigenvalue weighted by molar-refractivity contribution is 0.414. The van der Waals surface area contributed by atoms with Crippen molar-refractivity contribution in [1.82, 2.24) is 0 Å². The van der Waals surface area contributed by atoms with Crippen molar-refractivity contribution in [2.75, 3.05) is 18.6 Å². The third-order valence-electron chi connectivity index (χ3n) is 2.49. The van der Waals surface area contributed by atoms with Gasteiger partial charge in [0.25, 0.3) is 0 Å². The summed E-state index contributed by atoms with van der Waals surface area (Å²) in [7, 11) is 1.69. The number of benzene rings is 2. The van der Waals surface area contributed by atoms with Gasteiger partial charge in [-0.15, -0.1) is 23.5 Å². The number of rotatable bonds is 6. The van der Waals surface area contributed by atoms with E-state index in [0.29, 0.717) is 0 Å². The van der Waals surface area contributed by atoms with Crippen LogP contribution in [0.3, 0.4) is 0 Å².